The second kappa shape index (κ2) is 7.31. The van der Waals surface area contributed by atoms with Crippen molar-refractivity contribution >= 4 is 23.5 Å². The van der Waals surface area contributed by atoms with E-state index >= 15 is 0 Å². The monoisotopic (exact) mass is 381 g/mol. The predicted octanol–water partition coefficient (Wildman–Crippen LogP) is 4.55. The molecule has 0 fully saturated rings. The second-order valence-corrected chi connectivity index (χ2v) is 7.93. The lowest BCUT2D eigenvalue weighted by Gasteiger charge is -2.34. The van der Waals surface area contributed by atoms with Gasteiger partial charge in [-0.2, -0.15) is 0 Å². The first kappa shape index (κ1) is 18.0. The molecule has 3 nitrogen and oxygen atoms in total. The molecule has 0 aromatic heterocycles. The molecule has 0 unspecified atom stereocenters. The molecule has 2 atom stereocenters. The van der Waals surface area contributed by atoms with Gasteiger partial charge < -0.3 is 5.32 Å². The Labute approximate surface area is 162 Å². The molecule has 27 heavy (non-hydrogen) atoms. The molecule has 0 bridgehead atoms. The van der Waals surface area contributed by atoms with Crippen LogP contribution < -0.4 is 5.32 Å². The van der Waals surface area contributed by atoms with Crippen molar-refractivity contribution < 1.29 is 14.0 Å². The Morgan fingerprint density at radius 3 is 2.26 bits per heavy atom. The minimum absolute atomic E-state index is 0.0326. The van der Waals surface area contributed by atoms with Crippen LogP contribution in [0.2, 0.25) is 0 Å². The number of hydrogen-bond donors (Lipinski definition) is 1. The van der Waals surface area contributed by atoms with Crippen LogP contribution in [0, 0.1) is 5.82 Å². The highest BCUT2D eigenvalue weighted by molar-refractivity contribution is 7.98. The lowest BCUT2D eigenvalue weighted by molar-refractivity contribution is -0.122. The number of nitrogens with one attached hydrogen (secondary N) is 1. The van der Waals surface area contributed by atoms with Crippen molar-refractivity contribution in [1.29, 1.82) is 0 Å². The number of Topliss-reactive ketones (excluding diaryl/α,β-unsaturated/α-hetero) is 1. The largest absolute Gasteiger partial charge is 0.329 e. The highest BCUT2D eigenvalue weighted by Gasteiger charge is 2.38. The van der Waals surface area contributed by atoms with Crippen LogP contribution in [0.1, 0.15) is 42.2 Å². The average molecular weight is 381 g/mol. The Hall–Kier alpha value is -2.40. The van der Waals surface area contributed by atoms with E-state index in [2.05, 4.69) is 5.32 Å². The number of rotatable bonds is 3. The maximum atomic E-state index is 13.2. The van der Waals surface area contributed by atoms with Gasteiger partial charge in [-0.05, 0) is 54.0 Å². The van der Waals surface area contributed by atoms with Crippen molar-refractivity contribution in [2.45, 2.75) is 36.0 Å². The Balaban J connectivity index is 1.68. The zero-order chi connectivity index (χ0) is 19.0. The van der Waals surface area contributed by atoms with Gasteiger partial charge in [-0.25, -0.2) is 4.39 Å². The zero-order valence-electron chi connectivity index (χ0n) is 15.0. The molecule has 5 heteroatoms. The molecule has 1 N–H and O–H groups in total. The predicted molar refractivity (Wildman–Crippen MR) is 104 cm³/mol. The molecule has 0 saturated heterocycles. The fourth-order valence-corrected chi connectivity index (χ4v) is 4.46. The van der Waals surface area contributed by atoms with Crippen LogP contribution in [0.15, 0.2) is 64.7 Å². The summed E-state index contributed by atoms with van der Waals surface area (Å²) >= 11 is 1.66. The third-order valence-electron chi connectivity index (χ3n) is 5.40. The van der Waals surface area contributed by atoms with Gasteiger partial charge >= 0.3 is 0 Å². The number of benzene rings is 2. The Morgan fingerprint density at radius 2 is 1.59 bits per heavy atom. The van der Waals surface area contributed by atoms with Gasteiger partial charge in [-0.1, -0.05) is 24.3 Å². The summed E-state index contributed by atoms with van der Waals surface area (Å²) in [6.45, 7) is 0. The van der Waals surface area contributed by atoms with E-state index in [1.165, 1.54) is 12.1 Å². The standard InChI is InChI=1S/C22H20FNO2S/c1-27-17-8-4-14(5-9-17)18-12-21(26)24-19-10-15(11-20(25)22(18)19)13-2-6-16(23)7-3-13/h2-9,15,18H,10-12H2,1H3,(H,24,26)/t15-,18-/m1/s1. The summed E-state index contributed by atoms with van der Waals surface area (Å²) in [5.41, 5.74) is 3.40. The average Bonchev–Trinajstić information content (AvgIpc) is 2.67. The number of allylic oxidation sites excluding steroid dienone is 2. The molecule has 1 heterocycles. The quantitative estimate of drug-likeness (QED) is 0.794. The van der Waals surface area contributed by atoms with Crippen LogP contribution >= 0.6 is 11.8 Å². The fourth-order valence-electron chi connectivity index (χ4n) is 4.05. The van der Waals surface area contributed by atoms with Crippen LogP contribution in [0.25, 0.3) is 0 Å². The summed E-state index contributed by atoms with van der Waals surface area (Å²) in [5.74, 6) is -0.494. The summed E-state index contributed by atoms with van der Waals surface area (Å²) in [6.07, 6.45) is 3.30. The second-order valence-electron chi connectivity index (χ2n) is 7.05. The summed E-state index contributed by atoms with van der Waals surface area (Å²) in [7, 11) is 0. The smallest absolute Gasteiger partial charge is 0.225 e. The first-order valence-corrected chi connectivity index (χ1v) is 10.2. The van der Waals surface area contributed by atoms with Crippen LogP contribution in [0.4, 0.5) is 4.39 Å². The van der Waals surface area contributed by atoms with Gasteiger partial charge in [0.05, 0.1) is 0 Å². The molecule has 0 spiro atoms. The number of carbonyl (C=O) groups excluding carboxylic acids is 2. The Kier molecular flexibility index (Phi) is 4.87. The van der Waals surface area contributed by atoms with Crippen LogP contribution in [-0.4, -0.2) is 17.9 Å². The van der Waals surface area contributed by atoms with Crippen LogP contribution in [0.3, 0.4) is 0 Å². The van der Waals surface area contributed by atoms with Crippen molar-refractivity contribution in [1.82, 2.24) is 5.32 Å². The van der Waals surface area contributed by atoms with Crippen molar-refractivity contribution in [2.75, 3.05) is 6.26 Å². The van der Waals surface area contributed by atoms with Crippen molar-refractivity contribution in [3.8, 4) is 0 Å². The summed E-state index contributed by atoms with van der Waals surface area (Å²) < 4.78 is 13.2. The normalized spacial score (nSPS) is 22.4. The van der Waals surface area contributed by atoms with E-state index in [4.69, 9.17) is 0 Å². The molecule has 1 aliphatic heterocycles. The van der Waals surface area contributed by atoms with Crippen LogP contribution in [0.5, 0.6) is 0 Å². The van der Waals surface area contributed by atoms with E-state index in [1.54, 1.807) is 23.9 Å². The minimum Gasteiger partial charge on any atom is -0.329 e. The van der Waals surface area contributed by atoms with E-state index in [0.29, 0.717) is 19.3 Å². The maximum Gasteiger partial charge on any atom is 0.225 e. The van der Waals surface area contributed by atoms with Gasteiger partial charge in [-0.3, -0.25) is 9.59 Å². The van der Waals surface area contributed by atoms with Gasteiger partial charge in [0.25, 0.3) is 0 Å². The number of amides is 1. The van der Waals surface area contributed by atoms with E-state index in [0.717, 1.165) is 27.3 Å². The minimum atomic E-state index is -0.291. The molecule has 2 aliphatic rings. The topological polar surface area (TPSA) is 46.2 Å². The number of thioether (sulfide) groups is 1. The first-order chi connectivity index (χ1) is 13.0. The maximum absolute atomic E-state index is 13.2. The molecule has 1 amide bonds. The molecule has 0 saturated carbocycles. The van der Waals surface area contributed by atoms with Crippen molar-refractivity contribution in [2.24, 2.45) is 0 Å². The number of carbonyl (C=O) groups is 2. The first-order valence-electron chi connectivity index (χ1n) is 9.00. The highest BCUT2D eigenvalue weighted by atomic mass is 32.2. The Morgan fingerprint density at radius 1 is 0.926 bits per heavy atom. The molecule has 2 aromatic rings. The van der Waals surface area contributed by atoms with E-state index in [9.17, 15) is 14.0 Å². The molecule has 1 aliphatic carbocycles. The summed E-state index contributed by atoms with van der Waals surface area (Å²) in [6, 6.07) is 14.4. The molecule has 2 aromatic carbocycles. The molecular formula is C22H20FNO2S. The van der Waals surface area contributed by atoms with Gasteiger partial charge in [0.1, 0.15) is 5.82 Å². The lowest BCUT2D eigenvalue weighted by atomic mass is 9.73. The number of halogens is 1. The fraction of sp³-hybridized carbons (Fsp3) is 0.273. The lowest BCUT2D eigenvalue weighted by Crippen LogP contribution is -2.38. The Bertz CT molecular complexity index is 918. The molecular weight excluding hydrogens is 361 g/mol. The van der Waals surface area contributed by atoms with E-state index in [1.807, 2.05) is 30.5 Å². The number of ketones is 1. The van der Waals surface area contributed by atoms with E-state index < -0.39 is 0 Å². The van der Waals surface area contributed by atoms with Gasteiger partial charge in [0.15, 0.2) is 5.78 Å². The highest BCUT2D eigenvalue weighted by Crippen LogP contribution is 2.42. The third kappa shape index (κ3) is 3.56. The molecule has 0 radical (unpaired) electrons. The number of hydrogen-bond acceptors (Lipinski definition) is 3. The van der Waals surface area contributed by atoms with Gasteiger partial charge in [0, 0.05) is 34.9 Å². The van der Waals surface area contributed by atoms with Crippen LogP contribution in [-0.2, 0) is 9.59 Å². The van der Waals surface area contributed by atoms with Gasteiger partial charge in [0.2, 0.25) is 5.91 Å². The molecule has 4 rings (SSSR count). The van der Waals surface area contributed by atoms with E-state index in [-0.39, 0.29) is 29.3 Å². The SMILES string of the molecule is CSc1ccc([C@H]2CC(=O)NC3=C2C(=O)C[C@H](c2ccc(F)cc2)C3)cc1. The van der Waals surface area contributed by atoms with Crippen molar-refractivity contribution in [3.63, 3.8) is 0 Å². The summed E-state index contributed by atoms with van der Waals surface area (Å²) in [4.78, 5) is 26.5. The zero-order valence-corrected chi connectivity index (χ0v) is 15.8. The third-order valence-corrected chi connectivity index (χ3v) is 6.14. The molecule has 138 valence electrons. The van der Waals surface area contributed by atoms with Crippen molar-refractivity contribution in [3.05, 3.63) is 76.7 Å². The van der Waals surface area contributed by atoms with Gasteiger partial charge in [-0.15, -0.1) is 11.8 Å². The summed E-state index contributed by atoms with van der Waals surface area (Å²) in [5, 5.41) is 2.92.